The summed E-state index contributed by atoms with van der Waals surface area (Å²) in [5.41, 5.74) is 0. The van der Waals surface area contributed by atoms with E-state index in [0.717, 1.165) is 83.5 Å². The molecule has 10 nitrogen and oxygen atoms in total. The van der Waals surface area contributed by atoms with E-state index in [1.54, 1.807) is 0 Å². The molecule has 0 aromatic carbocycles. The van der Waals surface area contributed by atoms with E-state index < -0.39 is 32.5 Å². The van der Waals surface area contributed by atoms with Crippen molar-refractivity contribution in [1.82, 2.24) is 0 Å². The highest BCUT2D eigenvalue weighted by atomic mass is 31.2. The predicted molar refractivity (Wildman–Crippen MR) is 249 cm³/mol. The van der Waals surface area contributed by atoms with Crippen LogP contribution in [0.2, 0.25) is 0 Å². The maximum Gasteiger partial charge on any atom is 0.306 e. The average Bonchev–Trinajstić information content (AvgIpc) is 3.97. The van der Waals surface area contributed by atoms with E-state index in [4.69, 9.17) is 23.3 Å². The normalized spacial score (nSPS) is 17.7. The Kier molecular flexibility index (Phi) is 34.3. The SMILES string of the molecule is CC/C=C\C/C=C\C/C=C\C/C=C\C/C=C\CCCCCC(=O)O[C@H](COC(=O)CCCC1OC1C/C=C\C/C=C\C/C=C\CCCCC)COP(=O)([O-])OCC[N+](C)(C)C. The van der Waals surface area contributed by atoms with Crippen LogP contribution in [-0.2, 0) is 37.4 Å². The molecule has 0 bridgehead atoms. The summed E-state index contributed by atoms with van der Waals surface area (Å²) in [6.45, 7) is 3.93. The van der Waals surface area contributed by atoms with Gasteiger partial charge < -0.3 is 32.6 Å². The van der Waals surface area contributed by atoms with Gasteiger partial charge in [0.1, 0.15) is 19.8 Å². The molecule has 4 atom stereocenters. The quantitative estimate of drug-likeness (QED) is 0.0148. The highest BCUT2D eigenvalue weighted by molar-refractivity contribution is 7.45. The second kappa shape index (κ2) is 37.4. The molecule has 3 unspecified atom stereocenters. The van der Waals surface area contributed by atoms with Crippen molar-refractivity contribution in [1.29, 1.82) is 0 Å². The second-order valence-electron chi connectivity index (χ2n) is 16.4. The first-order valence-corrected chi connectivity index (χ1v) is 24.5. The number of allylic oxidation sites excluding steroid dienone is 15. The van der Waals surface area contributed by atoms with E-state index >= 15 is 0 Å². The first kappa shape index (κ1) is 55.9. The van der Waals surface area contributed by atoms with Gasteiger partial charge in [-0.15, -0.1) is 0 Å². The number of ether oxygens (including phenoxy) is 3. The number of epoxide rings is 1. The molecular formula is C50H82NO9P. The zero-order valence-corrected chi connectivity index (χ0v) is 39.4. The summed E-state index contributed by atoms with van der Waals surface area (Å²) >= 11 is 0. The van der Waals surface area contributed by atoms with Gasteiger partial charge in [-0.3, -0.25) is 14.2 Å². The minimum absolute atomic E-state index is 0.0557. The maximum atomic E-state index is 12.7. The highest BCUT2D eigenvalue weighted by Crippen LogP contribution is 2.38. The van der Waals surface area contributed by atoms with Crippen molar-refractivity contribution in [2.45, 2.75) is 161 Å². The Balaban J connectivity index is 2.36. The number of nitrogens with zero attached hydrogens (tertiary/aromatic N) is 1. The Bertz CT molecular complexity index is 1420. The molecule has 0 aromatic rings. The first-order valence-electron chi connectivity index (χ1n) is 23.1. The van der Waals surface area contributed by atoms with Crippen LogP contribution in [0.5, 0.6) is 0 Å². The Morgan fingerprint density at radius 3 is 1.70 bits per heavy atom. The van der Waals surface area contributed by atoms with Gasteiger partial charge in [-0.1, -0.05) is 130 Å². The summed E-state index contributed by atoms with van der Waals surface area (Å²) in [5, 5.41) is 0. The van der Waals surface area contributed by atoms with Gasteiger partial charge in [0.2, 0.25) is 0 Å². The molecule has 1 heterocycles. The molecule has 1 aliphatic rings. The Labute approximate surface area is 370 Å². The molecule has 0 amide bonds. The standard InChI is InChI=1S/C50H82NO9P/c1-6-8-10-12-14-16-18-20-21-22-23-24-25-26-28-30-32-34-36-40-50(53)59-46(45-58-61(54,55)57-43-42-51(3,4)5)44-56-49(52)41-37-39-48-47(60-48)38-35-33-31-29-27-19-17-15-13-11-9-7-2/h8,10,14-17,20-21,23-24,26-29,33,35,46-48H,6-7,9,11-13,18-19,22,25,30-32,34,36-45H2,1-5H3/b10-8-,16-14-,17-15-,21-20-,24-23-,28-26-,29-27-,35-33-/t46-,47?,48?/m1/s1. The van der Waals surface area contributed by atoms with Crippen molar-refractivity contribution in [2.24, 2.45) is 0 Å². The summed E-state index contributed by atoms with van der Waals surface area (Å²) in [6.07, 6.45) is 51.7. The molecule has 0 spiro atoms. The number of hydrogen-bond donors (Lipinski definition) is 0. The highest BCUT2D eigenvalue weighted by Gasteiger charge is 2.36. The molecule has 0 saturated carbocycles. The number of esters is 2. The van der Waals surface area contributed by atoms with Crippen molar-refractivity contribution in [2.75, 3.05) is 47.5 Å². The summed E-state index contributed by atoms with van der Waals surface area (Å²) in [4.78, 5) is 37.7. The van der Waals surface area contributed by atoms with E-state index in [1.807, 2.05) is 21.1 Å². The molecule has 1 fully saturated rings. The zero-order chi connectivity index (χ0) is 44.7. The molecule has 1 aliphatic heterocycles. The summed E-state index contributed by atoms with van der Waals surface area (Å²) < 4.78 is 39.7. The lowest BCUT2D eigenvalue weighted by Crippen LogP contribution is -2.37. The first-order chi connectivity index (χ1) is 29.5. The van der Waals surface area contributed by atoms with Crippen molar-refractivity contribution >= 4 is 19.8 Å². The number of carbonyl (C=O) groups excluding carboxylic acids is 2. The molecule has 1 saturated heterocycles. The predicted octanol–water partition coefficient (Wildman–Crippen LogP) is 11.7. The lowest BCUT2D eigenvalue weighted by molar-refractivity contribution is -0.870. The molecule has 11 heteroatoms. The summed E-state index contributed by atoms with van der Waals surface area (Å²) in [5.74, 6) is -0.959. The van der Waals surface area contributed by atoms with Crippen LogP contribution in [0, 0.1) is 0 Å². The molecule has 0 aliphatic carbocycles. The van der Waals surface area contributed by atoms with Crippen LogP contribution in [0.3, 0.4) is 0 Å². The topological polar surface area (TPSA) is 124 Å². The van der Waals surface area contributed by atoms with Crippen LogP contribution in [-0.4, -0.2) is 82.2 Å². The average molecular weight is 872 g/mol. The van der Waals surface area contributed by atoms with E-state index in [9.17, 15) is 19.0 Å². The van der Waals surface area contributed by atoms with Crippen LogP contribution in [0.25, 0.3) is 0 Å². The minimum atomic E-state index is -4.67. The van der Waals surface area contributed by atoms with Gasteiger partial charge in [-0.05, 0) is 96.3 Å². The van der Waals surface area contributed by atoms with Crippen molar-refractivity contribution < 1.29 is 46.8 Å². The van der Waals surface area contributed by atoms with Gasteiger partial charge in [0, 0.05) is 12.8 Å². The molecule has 61 heavy (non-hydrogen) atoms. The molecule has 0 radical (unpaired) electrons. The number of hydrogen-bond acceptors (Lipinski definition) is 9. The lowest BCUT2D eigenvalue weighted by Gasteiger charge is -2.28. The third-order valence-corrected chi connectivity index (χ3v) is 10.5. The van der Waals surface area contributed by atoms with Crippen LogP contribution in [0.15, 0.2) is 97.2 Å². The molecule has 0 aromatic heterocycles. The Hall–Kier alpha value is -3.11. The number of rotatable bonds is 39. The van der Waals surface area contributed by atoms with Crippen LogP contribution >= 0.6 is 7.82 Å². The zero-order valence-electron chi connectivity index (χ0n) is 38.5. The largest absolute Gasteiger partial charge is 0.756 e. The van der Waals surface area contributed by atoms with Gasteiger partial charge >= 0.3 is 11.9 Å². The van der Waals surface area contributed by atoms with Crippen molar-refractivity contribution in [3.8, 4) is 0 Å². The molecule has 1 rings (SSSR count). The number of quaternary nitrogens is 1. The van der Waals surface area contributed by atoms with Gasteiger partial charge in [0.05, 0.1) is 40.0 Å². The third-order valence-electron chi connectivity index (χ3n) is 9.51. The minimum Gasteiger partial charge on any atom is -0.756 e. The number of carbonyl (C=O) groups is 2. The van der Waals surface area contributed by atoms with Crippen LogP contribution in [0.4, 0.5) is 0 Å². The van der Waals surface area contributed by atoms with E-state index in [0.29, 0.717) is 23.9 Å². The van der Waals surface area contributed by atoms with Gasteiger partial charge in [0.25, 0.3) is 7.82 Å². The fourth-order valence-electron chi connectivity index (χ4n) is 5.82. The van der Waals surface area contributed by atoms with Crippen molar-refractivity contribution in [3.63, 3.8) is 0 Å². The maximum absolute atomic E-state index is 12.7. The van der Waals surface area contributed by atoms with E-state index in [2.05, 4.69) is 111 Å². The molecular weight excluding hydrogens is 790 g/mol. The fraction of sp³-hybridized carbons (Fsp3) is 0.640. The van der Waals surface area contributed by atoms with Crippen LogP contribution in [0.1, 0.15) is 142 Å². The van der Waals surface area contributed by atoms with Gasteiger partial charge in [-0.2, -0.15) is 0 Å². The fourth-order valence-corrected chi connectivity index (χ4v) is 6.55. The number of unbranched alkanes of at least 4 members (excludes halogenated alkanes) is 6. The Morgan fingerprint density at radius 2 is 1.15 bits per heavy atom. The third kappa shape index (κ3) is 38.3. The second-order valence-corrected chi connectivity index (χ2v) is 17.8. The van der Waals surface area contributed by atoms with E-state index in [1.165, 1.54) is 19.3 Å². The van der Waals surface area contributed by atoms with Crippen LogP contribution < -0.4 is 4.89 Å². The number of likely N-dealkylation sites (N-methyl/N-ethyl adjacent to an activating group) is 1. The number of phosphoric ester groups is 1. The molecule has 0 N–H and O–H groups in total. The summed E-state index contributed by atoms with van der Waals surface area (Å²) in [7, 11) is 1.08. The van der Waals surface area contributed by atoms with Gasteiger partial charge in [0.15, 0.2) is 6.10 Å². The van der Waals surface area contributed by atoms with E-state index in [-0.39, 0.29) is 38.3 Å². The monoisotopic (exact) mass is 872 g/mol. The Morgan fingerprint density at radius 1 is 0.623 bits per heavy atom. The van der Waals surface area contributed by atoms with Crippen molar-refractivity contribution in [3.05, 3.63) is 97.2 Å². The summed E-state index contributed by atoms with van der Waals surface area (Å²) in [6, 6.07) is 0. The number of phosphoric acid groups is 1. The van der Waals surface area contributed by atoms with Gasteiger partial charge in [-0.25, -0.2) is 0 Å². The smallest absolute Gasteiger partial charge is 0.306 e. The lowest BCUT2D eigenvalue weighted by atomic mass is 10.1. The molecule has 346 valence electrons.